The minimum atomic E-state index is -3.45. The summed E-state index contributed by atoms with van der Waals surface area (Å²) in [5, 5.41) is 0.406. The molecule has 1 heterocycles. The van der Waals surface area contributed by atoms with Gasteiger partial charge in [0.2, 0.25) is 0 Å². The number of rotatable bonds is 1. The Morgan fingerprint density at radius 3 is 2.27 bits per heavy atom. The number of carbonyl (C=O) groups is 1. The summed E-state index contributed by atoms with van der Waals surface area (Å²) < 4.78 is 22.2. The minimum absolute atomic E-state index is 0.406. The zero-order valence-electron chi connectivity index (χ0n) is 8.47. The fraction of sp³-hybridized carbons (Fsp3) is 0.300. The average Bonchev–Trinajstić information content (AvgIpc) is 2.38. The van der Waals surface area contributed by atoms with Gasteiger partial charge in [0.05, 0.1) is 5.30 Å². The van der Waals surface area contributed by atoms with Crippen LogP contribution < -0.4 is 5.30 Å². The van der Waals surface area contributed by atoms with Crippen molar-refractivity contribution in [3.63, 3.8) is 0 Å². The van der Waals surface area contributed by atoms with Gasteiger partial charge in [0, 0.05) is 0 Å². The van der Waals surface area contributed by atoms with Crippen LogP contribution in [0.1, 0.15) is 13.8 Å². The van der Waals surface area contributed by atoms with E-state index in [-0.39, 0.29) is 0 Å². The normalized spacial score (nSPS) is 28.8. The molecule has 0 aromatic heterocycles. The quantitative estimate of drug-likeness (QED) is 0.686. The summed E-state index contributed by atoms with van der Waals surface area (Å²) in [4.78, 5) is 11.4. The van der Waals surface area contributed by atoms with Crippen LogP contribution in [0.5, 0.6) is 0 Å². The smallest absolute Gasteiger partial charge is 0.386 e. The molecular formula is C10H11O4P. The van der Waals surface area contributed by atoms with E-state index in [0.29, 0.717) is 5.30 Å². The second-order valence-electron chi connectivity index (χ2n) is 3.81. The third-order valence-corrected chi connectivity index (χ3v) is 4.15. The highest BCUT2D eigenvalue weighted by molar-refractivity contribution is 7.63. The van der Waals surface area contributed by atoms with E-state index in [1.54, 1.807) is 30.3 Å². The molecule has 5 heteroatoms. The summed E-state index contributed by atoms with van der Waals surface area (Å²) >= 11 is 0. The maximum atomic E-state index is 12.2. The maximum absolute atomic E-state index is 12.2. The van der Waals surface area contributed by atoms with Gasteiger partial charge in [0.15, 0.2) is 5.60 Å². The fourth-order valence-corrected chi connectivity index (χ4v) is 3.19. The molecule has 0 aliphatic carbocycles. The number of carbonyl (C=O) groups excluding carboxylic acids is 1. The number of hydrogen-bond donors (Lipinski definition) is 0. The molecule has 1 fully saturated rings. The summed E-state index contributed by atoms with van der Waals surface area (Å²) in [6.07, 6.45) is 0. The molecule has 1 aliphatic rings. The molecule has 80 valence electrons. The summed E-state index contributed by atoms with van der Waals surface area (Å²) in [5.41, 5.74) is -1.13. The fourth-order valence-electron chi connectivity index (χ4n) is 1.29. The van der Waals surface area contributed by atoms with Gasteiger partial charge in [-0.2, -0.15) is 0 Å². The second kappa shape index (κ2) is 3.19. The van der Waals surface area contributed by atoms with E-state index in [2.05, 4.69) is 0 Å². The molecule has 1 saturated heterocycles. The standard InChI is InChI=1S/C10H11O4P/c1-10(2)9(11)13-15(12,14-10)8-6-4-3-5-7-8/h3-7H,1-2H3. The Kier molecular flexibility index (Phi) is 2.21. The van der Waals surface area contributed by atoms with Crippen molar-refractivity contribution in [1.29, 1.82) is 0 Å². The third kappa shape index (κ3) is 1.71. The highest BCUT2D eigenvalue weighted by Gasteiger charge is 2.51. The van der Waals surface area contributed by atoms with Crippen LogP contribution in [-0.2, 0) is 18.4 Å². The Bertz CT molecular complexity index is 438. The molecule has 2 rings (SSSR count). The Labute approximate surface area is 87.7 Å². The lowest BCUT2D eigenvalue weighted by atomic mass is 10.1. The van der Waals surface area contributed by atoms with E-state index in [4.69, 9.17) is 9.05 Å². The van der Waals surface area contributed by atoms with Gasteiger partial charge in [0.1, 0.15) is 0 Å². The Hall–Kier alpha value is -1.12. The lowest BCUT2D eigenvalue weighted by molar-refractivity contribution is -0.140. The summed E-state index contributed by atoms with van der Waals surface area (Å²) in [7, 11) is -3.45. The van der Waals surface area contributed by atoms with E-state index >= 15 is 0 Å². The average molecular weight is 226 g/mol. The molecule has 15 heavy (non-hydrogen) atoms. The van der Waals surface area contributed by atoms with Gasteiger partial charge in [0.25, 0.3) is 0 Å². The molecule has 0 spiro atoms. The van der Waals surface area contributed by atoms with E-state index in [0.717, 1.165) is 0 Å². The van der Waals surface area contributed by atoms with Gasteiger partial charge in [-0.15, -0.1) is 0 Å². The van der Waals surface area contributed by atoms with Crippen LogP contribution in [0.25, 0.3) is 0 Å². The van der Waals surface area contributed by atoms with E-state index < -0.39 is 19.2 Å². The SMILES string of the molecule is CC1(C)OP(=O)(c2ccccc2)OC1=O. The molecule has 1 unspecified atom stereocenters. The van der Waals surface area contributed by atoms with Crippen molar-refractivity contribution in [3.8, 4) is 0 Å². The van der Waals surface area contributed by atoms with Crippen LogP contribution in [0.15, 0.2) is 30.3 Å². The van der Waals surface area contributed by atoms with Gasteiger partial charge >= 0.3 is 13.6 Å². The Balaban J connectivity index is 2.40. The molecular weight excluding hydrogens is 215 g/mol. The molecule has 4 nitrogen and oxygen atoms in total. The van der Waals surface area contributed by atoms with Crippen LogP contribution in [0.3, 0.4) is 0 Å². The van der Waals surface area contributed by atoms with Gasteiger partial charge < -0.3 is 4.52 Å². The number of benzene rings is 1. The molecule has 0 saturated carbocycles. The third-order valence-electron chi connectivity index (χ3n) is 2.12. The van der Waals surface area contributed by atoms with Crippen molar-refractivity contribution in [2.24, 2.45) is 0 Å². The molecule has 1 aromatic carbocycles. The first-order valence-corrected chi connectivity index (χ1v) is 6.09. The first-order valence-electron chi connectivity index (χ1n) is 4.54. The molecule has 0 N–H and O–H groups in total. The molecule has 0 bridgehead atoms. The monoisotopic (exact) mass is 226 g/mol. The molecule has 1 aromatic rings. The Morgan fingerprint density at radius 2 is 1.80 bits per heavy atom. The van der Waals surface area contributed by atoms with Crippen LogP contribution in [-0.4, -0.2) is 11.6 Å². The lowest BCUT2D eigenvalue weighted by Gasteiger charge is -2.12. The van der Waals surface area contributed by atoms with Crippen LogP contribution in [0, 0.1) is 0 Å². The number of hydrogen-bond acceptors (Lipinski definition) is 4. The highest BCUT2D eigenvalue weighted by atomic mass is 31.2. The van der Waals surface area contributed by atoms with Crippen LogP contribution >= 0.6 is 7.60 Å². The molecule has 0 radical (unpaired) electrons. The van der Waals surface area contributed by atoms with Gasteiger partial charge in [-0.25, -0.2) is 9.36 Å². The first-order chi connectivity index (χ1) is 6.94. The van der Waals surface area contributed by atoms with Crippen molar-refractivity contribution in [2.75, 3.05) is 0 Å². The zero-order valence-corrected chi connectivity index (χ0v) is 9.36. The first kappa shape index (κ1) is 10.4. The van der Waals surface area contributed by atoms with Crippen LogP contribution in [0.4, 0.5) is 0 Å². The van der Waals surface area contributed by atoms with E-state index in [1.807, 2.05) is 0 Å². The minimum Gasteiger partial charge on any atom is -0.386 e. The maximum Gasteiger partial charge on any atom is 0.414 e. The topological polar surface area (TPSA) is 52.6 Å². The van der Waals surface area contributed by atoms with Gasteiger partial charge in [-0.05, 0) is 26.0 Å². The van der Waals surface area contributed by atoms with Gasteiger partial charge in [-0.1, -0.05) is 18.2 Å². The predicted octanol–water partition coefficient (Wildman–Crippen LogP) is 1.86. The van der Waals surface area contributed by atoms with Crippen LogP contribution in [0.2, 0.25) is 0 Å². The summed E-state index contributed by atoms with van der Waals surface area (Å²) in [5.74, 6) is -0.588. The van der Waals surface area contributed by atoms with Crippen molar-refractivity contribution in [2.45, 2.75) is 19.4 Å². The predicted molar refractivity (Wildman–Crippen MR) is 54.9 cm³/mol. The Morgan fingerprint density at radius 1 is 1.20 bits per heavy atom. The van der Waals surface area contributed by atoms with Crippen molar-refractivity contribution in [3.05, 3.63) is 30.3 Å². The lowest BCUT2D eigenvalue weighted by Crippen LogP contribution is -2.27. The molecule has 1 aliphatic heterocycles. The highest BCUT2D eigenvalue weighted by Crippen LogP contribution is 2.56. The van der Waals surface area contributed by atoms with Crippen molar-refractivity contribution in [1.82, 2.24) is 0 Å². The zero-order chi connectivity index (χ0) is 11.1. The van der Waals surface area contributed by atoms with E-state index in [1.165, 1.54) is 13.8 Å². The van der Waals surface area contributed by atoms with Crippen molar-refractivity contribution >= 4 is 18.9 Å². The van der Waals surface area contributed by atoms with Gasteiger partial charge in [-0.3, -0.25) is 4.52 Å². The largest absolute Gasteiger partial charge is 0.414 e. The summed E-state index contributed by atoms with van der Waals surface area (Å²) in [6, 6.07) is 8.47. The summed E-state index contributed by atoms with van der Waals surface area (Å²) in [6.45, 7) is 3.08. The molecule has 1 atom stereocenters. The molecule has 0 amide bonds. The van der Waals surface area contributed by atoms with E-state index in [9.17, 15) is 9.36 Å². The second-order valence-corrected chi connectivity index (χ2v) is 5.69. The van der Waals surface area contributed by atoms with Crippen molar-refractivity contribution < 1.29 is 18.4 Å².